The van der Waals surface area contributed by atoms with Crippen molar-refractivity contribution in [2.24, 2.45) is 5.92 Å². The molecule has 2 rings (SSSR count). The molecule has 0 aliphatic carbocycles. The van der Waals surface area contributed by atoms with Gasteiger partial charge in [-0.2, -0.15) is 0 Å². The molecule has 3 nitrogen and oxygen atoms in total. The van der Waals surface area contributed by atoms with Gasteiger partial charge in [0.05, 0.1) is 5.92 Å². The summed E-state index contributed by atoms with van der Waals surface area (Å²) in [6.45, 7) is 2.62. The largest absolute Gasteiger partial charge is 0.481 e. The molecule has 0 saturated carbocycles. The Hall–Kier alpha value is -1.06. The van der Waals surface area contributed by atoms with Crippen molar-refractivity contribution in [3.05, 3.63) is 34.3 Å². The zero-order valence-electron chi connectivity index (χ0n) is 9.74. The third-order valence-corrected chi connectivity index (χ3v) is 3.49. The third-order valence-electron chi connectivity index (χ3n) is 3.27. The van der Waals surface area contributed by atoms with Crippen LogP contribution in [0.3, 0.4) is 0 Å². The van der Waals surface area contributed by atoms with Crippen molar-refractivity contribution < 1.29 is 9.90 Å². The first-order valence-corrected chi connectivity index (χ1v) is 6.23. The van der Waals surface area contributed by atoms with Crippen LogP contribution in [0.1, 0.15) is 30.5 Å². The van der Waals surface area contributed by atoms with E-state index in [-0.39, 0.29) is 12.0 Å². The Labute approximate surface area is 106 Å². The highest BCUT2D eigenvalue weighted by Gasteiger charge is 2.30. The molecule has 0 spiro atoms. The van der Waals surface area contributed by atoms with Crippen molar-refractivity contribution in [3.8, 4) is 0 Å². The molecule has 0 amide bonds. The van der Waals surface area contributed by atoms with Gasteiger partial charge < -0.3 is 10.4 Å². The van der Waals surface area contributed by atoms with Gasteiger partial charge in [-0.25, -0.2) is 0 Å². The molecular weight excluding hydrogens is 238 g/mol. The number of hydrogen-bond acceptors (Lipinski definition) is 2. The Kier molecular flexibility index (Phi) is 3.69. The molecule has 0 aromatic heterocycles. The van der Waals surface area contributed by atoms with Crippen LogP contribution < -0.4 is 5.32 Å². The summed E-state index contributed by atoms with van der Waals surface area (Å²) in [4.78, 5) is 10.9. The Morgan fingerprint density at radius 2 is 2.29 bits per heavy atom. The van der Waals surface area contributed by atoms with Gasteiger partial charge in [-0.05, 0) is 36.1 Å². The van der Waals surface area contributed by atoms with E-state index in [0.29, 0.717) is 13.0 Å². The molecule has 1 aliphatic rings. The first kappa shape index (κ1) is 12.4. The maximum atomic E-state index is 10.9. The maximum Gasteiger partial charge on any atom is 0.307 e. The van der Waals surface area contributed by atoms with Crippen molar-refractivity contribution in [1.82, 2.24) is 5.32 Å². The quantitative estimate of drug-likeness (QED) is 0.871. The minimum absolute atomic E-state index is 0.111. The number of carbonyl (C=O) groups is 1. The molecule has 1 aromatic rings. The minimum atomic E-state index is -0.724. The molecule has 1 aliphatic heterocycles. The van der Waals surface area contributed by atoms with Gasteiger partial charge in [-0.3, -0.25) is 4.79 Å². The fraction of sp³-hybridized carbons (Fsp3) is 0.462. The van der Waals surface area contributed by atoms with Gasteiger partial charge in [0, 0.05) is 17.6 Å². The van der Waals surface area contributed by atoms with E-state index in [2.05, 4.69) is 18.3 Å². The van der Waals surface area contributed by atoms with Crippen molar-refractivity contribution in [1.29, 1.82) is 0 Å². The van der Waals surface area contributed by atoms with Crippen LogP contribution in [0.5, 0.6) is 0 Å². The lowest BCUT2D eigenvalue weighted by Crippen LogP contribution is -2.17. The fourth-order valence-corrected chi connectivity index (χ4v) is 2.52. The second-order valence-electron chi connectivity index (χ2n) is 4.48. The summed E-state index contributed by atoms with van der Waals surface area (Å²) < 4.78 is 0. The number of halogens is 1. The van der Waals surface area contributed by atoms with E-state index in [0.717, 1.165) is 17.0 Å². The Bertz CT molecular complexity index is 433. The van der Waals surface area contributed by atoms with Crippen LogP contribution in [0.4, 0.5) is 0 Å². The molecule has 1 heterocycles. The van der Waals surface area contributed by atoms with Gasteiger partial charge in [0.2, 0.25) is 0 Å². The highest BCUT2D eigenvalue weighted by Crippen LogP contribution is 2.29. The standard InChI is InChI=1S/C13H16ClNO2/c1-2-8-3-9(5-11(14)4-8)12-6-10(7-15-12)13(16)17/h3-5,10,12,15H,2,6-7H2,1H3,(H,16,17). The monoisotopic (exact) mass is 253 g/mol. The first-order valence-electron chi connectivity index (χ1n) is 5.85. The highest BCUT2D eigenvalue weighted by molar-refractivity contribution is 6.30. The molecule has 1 fully saturated rings. The molecule has 17 heavy (non-hydrogen) atoms. The number of aliphatic carboxylic acids is 1. The summed E-state index contributed by atoms with van der Waals surface area (Å²) in [6.07, 6.45) is 1.57. The van der Waals surface area contributed by atoms with Gasteiger partial charge >= 0.3 is 5.97 Å². The van der Waals surface area contributed by atoms with Crippen molar-refractivity contribution >= 4 is 17.6 Å². The van der Waals surface area contributed by atoms with Crippen molar-refractivity contribution in [3.63, 3.8) is 0 Å². The Morgan fingerprint density at radius 3 is 2.88 bits per heavy atom. The summed E-state index contributed by atoms with van der Waals surface area (Å²) in [7, 11) is 0. The number of nitrogens with one attached hydrogen (secondary N) is 1. The van der Waals surface area contributed by atoms with Crippen LogP contribution in [0.2, 0.25) is 5.02 Å². The van der Waals surface area contributed by atoms with Crippen LogP contribution in [0.25, 0.3) is 0 Å². The van der Waals surface area contributed by atoms with Gasteiger partial charge in [-0.15, -0.1) is 0 Å². The maximum absolute atomic E-state index is 10.9. The average molecular weight is 254 g/mol. The number of aryl methyl sites for hydroxylation is 1. The topological polar surface area (TPSA) is 49.3 Å². The molecule has 2 N–H and O–H groups in total. The third kappa shape index (κ3) is 2.79. The lowest BCUT2D eigenvalue weighted by molar-refractivity contribution is -0.141. The number of carboxylic acid groups (broad SMARTS) is 1. The van der Waals surface area contributed by atoms with E-state index in [9.17, 15) is 4.79 Å². The lowest BCUT2D eigenvalue weighted by atomic mass is 9.98. The smallest absolute Gasteiger partial charge is 0.307 e. The molecule has 1 aromatic carbocycles. The lowest BCUT2D eigenvalue weighted by Gasteiger charge is -2.12. The highest BCUT2D eigenvalue weighted by atomic mass is 35.5. The Balaban J connectivity index is 2.18. The second-order valence-corrected chi connectivity index (χ2v) is 4.91. The average Bonchev–Trinajstić information content (AvgIpc) is 2.77. The SMILES string of the molecule is CCc1cc(Cl)cc(C2CC(C(=O)O)CN2)c1. The van der Waals surface area contributed by atoms with Crippen LogP contribution in [-0.4, -0.2) is 17.6 Å². The van der Waals surface area contributed by atoms with Crippen LogP contribution in [0, 0.1) is 5.92 Å². The van der Waals surface area contributed by atoms with Gasteiger partial charge in [0.15, 0.2) is 0 Å². The molecule has 0 bridgehead atoms. The zero-order chi connectivity index (χ0) is 12.4. The summed E-state index contributed by atoms with van der Waals surface area (Å²) >= 11 is 6.06. The molecule has 2 unspecified atom stereocenters. The summed E-state index contributed by atoms with van der Waals surface area (Å²) in [5.74, 6) is -1.01. The molecule has 0 radical (unpaired) electrons. The molecule has 1 saturated heterocycles. The van der Waals surface area contributed by atoms with E-state index >= 15 is 0 Å². The second kappa shape index (κ2) is 5.07. The van der Waals surface area contributed by atoms with E-state index < -0.39 is 5.97 Å². The van der Waals surface area contributed by atoms with E-state index in [4.69, 9.17) is 16.7 Å². The van der Waals surface area contributed by atoms with Crippen LogP contribution >= 0.6 is 11.6 Å². The summed E-state index contributed by atoms with van der Waals surface area (Å²) in [5.41, 5.74) is 2.28. The number of rotatable bonds is 3. The summed E-state index contributed by atoms with van der Waals surface area (Å²) in [6, 6.07) is 6.09. The van der Waals surface area contributed by atoms with Crippen LogP contribution in [-0.2, 0) is 11.2 Å². The predicted octanol–water partition coefficient (Wildman–Crippen LogP) is 2.64. The summed E-state index contributed by atoms with van der Waals surface area (Å²) in [5, 5.41) is 12.9. The van der Waals surface area contributed by atoms with Gasteiger partial charge in [0.1, 0.15) is 0 Å². The van der Waals surface area contributed by atoms with E-state index in [1.807, 2.05) is 12.1 Å². The molecule has 4 heteroatoms. The van der Waals surface area contributed by atoms with Gasteiger partial charge in [0.25, 0.3) is 0 Å². The van der Waals surface area contributed by atoms with Crippen molar-refractivity contribution in [2.45, 2.75) is 25.8 Å². The minimum Gasteiger partial charge on any atom is -0.481 e. The van der Waals surface area contributed by atoms with Gasteiger partial charge in [-0.1, -0.05) is 24.6 Å². The number of benzene rings is 1. The fourth-order valence-electron chi connectivity index (χ4n) is 2.26. The molecule has 2 atom stereocenters. The number of hydrogen-bond donors (Lipinski definition) is 2. The first-order chi connectivity index (χ1) is 8.10. The zero-order valence-corrected chi connectivity index (χ0v) is 10.5. The predicted molar refractivity (Wildman–Crippen MR) is 67.3 cm³/mol. The normalized spacial score (nSPS) is 23.9. The molecule has 92 valence electrons. The molecular formula is C13H16ClNO2. The van der Waals surface area contributed by atoms with E-state index in [1.165, 1.54) is 5.56 Å². The van der Waals surface area contributed by atoms with Crippen molar-refractivity contribution in [2.75, 3.05) is 6.54 Å². The van der Waals surface area contributed by atoms with Crippen LogP contribution in [0.15, 0.2) is 18.2 Å². The Morgan fingerprint density at radius 1 is 1.53 bits per heavy atom. The number of carboxylic acids is 1. The van der Waals surface area contributed by atoms with E-state index in [1.54, 1.807) is 0 Å².